The van der Waals surface area contributed by atoms with Gasteiger partial charge in [-0.15, -0.1) is 11.3 Å². The molecule has 7 heteroatoms. The Morgan fingerprint density at radius 2 is 1.91 bits per heavy atom. The van der Waals surface area contributed by atoms with Crippen LogP contribution in [0.3, 0.4) is 0 Å². The van der Waals surface area contributed by atoms with Gasteiger partial charge in [0.1, 0.15) is 0 Å². The predicted molar refractivity (Wildman–Crippen MR) is 128 cm³/mol. The lowest BCUT2D eigenvalue weighted by Crippen LogP contribution is -2.57. The van der Waals surface area contributed by atoms with Gasteiger partial charge in [-0.25, -0.2) is 0 Å². The minimum Gasteiger partial charge on any atom is -0.459 e. The Morgan fingerprint density at radius 3 is 2.64 bits per heavy atom. The highest BCUT2D eigenvalue weighted by Crippen LogP contribution is 2.37. The number of nitrogens with zero attached hydrogens (tertiary/aromatic N) is 3. The van der Waals surface area contributed by atoms with E-state index in [1.807, 2.05) is 23.2 Å². The normalized spacial score (nSPS) is 21.2. The van der Waals surface area contributed by atoms with Crippen LogP contribution in [0.1, 0.15) is 45.1 Å². The van der Waals surface area contributed by atoms with E-state index in [1.165, 1.54) is 27.8 Å². The van der Waals surface area contributed by atoms with Gasteiger partial charge in [0.05, 0.1) is 18.8 Å². The van der Waals surface area contributed by atoms with Crippen molar-refractivity contribution in [2.24, 2.45) is 0 Å². The number of carbonyl (C=O) groups is 2. The Bertz CT molecular complexity index is 1120. The van der Waals surface area contributed by atoms with Crippen molar-refractivity contribution in [1.29, 1.82) is 0 Å². The molecule has 33 heavy (non-hydrogen) atoms. The highest BCUT2D eigenvalue weighted by Gasteiger charge is 2.35. The number of thiophene rings is 1. The van der Waals surface area contributed by atoms with Crippen molar-refractivity contribution in [2.45, 2.75) is 32.4 Å². The molecule has 172 valence electrons. The minimum absolute atomic E-state index is 0.0574. The first-order valence-corrected chi connectivity index (χ1v) is 12.4. The molecule has 2 amide bonds. The zero-order valence-corrected chi connectivity index (χ0v) is 19.9. The van der Waals surface area contributed by atoms with Crippen LogP contribution < -0.4 is 0 Å². The zero-order valence-electron chi connectivity index (χ0n) is 19.1. The lowest BCUT2D eigenvalue weighted by molar-refractivity contribution is -0.135. The molecule has 2 unspecified atom stereocenters. The Hall–Kier alpha value is -2.90. The Balaban J connectivity index is 1.29. The average Bonchev–Trinajstić information content (AvgIpc) is 3.51. The van der Waals surface area contributed by atoms with E-state index in [-0.39, 0.29) is 23.9 Å². The number of benzene rings is 1. The number of hydrogen-bond acceptors (Lipinski definition) is 5. The minimum atomic E-state index is -0.111. The molecule has 0 spiro atoms. The van der Waals surface area contributed by atoms with Crippen LogP contribution >= 0.6 is 11.3 Å². The lowest BCUT2D eigenvalue weighted by atomic mass is 9.92. The maximum atomic E-state index is 13.4. The monoisotopic (exact) mass is 463 g/mol. The number of piperazine rings is 1. The van der Waals surface area contributed by atoms with Crippen LogP contribution in [0, 0.1) is 6.92 Å². The Labute approximate surface area is 198 Å². The Kier molecular flexibility index (Phi) is 6.08. The third-order valence-corrected chi connectivity index (χ3v) is 7.77. The quantitative estimate of drug-likeness (QED) is 0.588. The summed E-state index contributed by atoms with van der Waals surface area (Å²) in [5.74, 6) is 0.366. The molecule has 5 rings (SSSR count). The summed E-state index contributed by atoms with van der Waals surface area (Å²) in [5.41, 5.74) is 3.79. The summed E-state index contributed by atoms with van der Waals surface area (Å²) in [6, 6.07) is 14.3. The van der Waals surface area contributed by atoms with Gasteiger partial charge in [-0.2, -0.15) is 0 Å². The van der Waals surface area contributed by atoms with Gasteiger partial charge in [0, 0.05) is 37.1 Å². The second kappa shape index (κ2) is 9.15. The van der Waals surface area contributed by atoms with Gasteiger partial charge in [0.25, 0.3) is 5.91 Å². The first kappa shape index (κ1) is 21.9. The molecule has 1 saturated heterocycles. The molecule has 1 aromatic carbocycles. The molecule has 1 fully saturated rings. The summed E-state index contributed by atoms with van der Waals surface area (Å²) >= 11 is 1.81. The van der Waals surface area contributed by atoms with Crippen molar-refractivity contribution in [3.63, 3.8) is 0 Å². The topological polar surface area (TPSA) is 57.0 Å². The van der Waals surface area contributed by atoms with Crippen LogP contribution in [-0.4, -0.2) is 65.3 Å². The fourth-order valence-electron chi connectivity index (χ4n) is 4.98. The first-order valence-electron chi connectivity index (χ1n) is 11.5. The van der Waals surface area contributed by atoms with Crippen molar-refractivity contribution in [1.82, 2.24) is 14.7 Å². The molecule has 0 saturated carbocycles. The van der Waals surface area contributed by atoms with Crippen molar-refractivity contribution in [2.75, 3.05) is 32.7 Å². The van der Waals surface area contributed by atoms with Crippen molar-refractivity contribution < 1.29 is 14.0 Å². The molecule has 3 aromatic rings. The number of carbonyl (C=O) groups excluding carboxylic acids is 2. The molecule has 4 heterocycles. The molecule has 2 aliphatic heterocycles. The summed E-state index contributed by atoms with van der Waals surface area (Å²) in [7, 11) is 0. The number of furan rings is 1. The summed E-state index contributed by atoms with van der Waals surface area (Å²) in [5, 5.41) is 2.16. The summed E-state index contributed by atoms with van der Waals surface area (Å²) in [4.78, 5) is 33.5. The Morgan fingerprint density at radius 1 is 1.09 bits per heavy atom. The van der Waals surface area contributed by atoms with Crippen LogP contribution in [-0.2, 0) is 11.2 Å². The van der Waals surface area contributed by atoms with Crippen LogP contribution in [0.5, 0.6) is 0 Å². The lowest BCUT2D eigenvalue weighted by Gasteiger charge is -2.41. The highest BCUT2D eigenvalue weighted by atomic mass is 32.1. The third-order valence-electron chi connectivity index (χ3n) is 6.77. The van der Waals surface area contributed by atoms with Gasteiger partial charge in [0.15, 0.2) is 5.76 Å². The SMILES string of the molecule is Cc1ccc(C2c3ccsc3CCN2CC(=O)N2CCN(C(=O)c3ccco3)C(C)C2)cc1. The van der Waals surface area contributed by atoms with E-state index < -0.39 is 0 Å². The molecule has 2 aromatic heterocycles. The first-order chi connectivity index (χ1) is 16.0. The molecule has 0 radical (unpaired) electrons. The summed E-state index contributed by atoms with van der Waals surface area (Å²) < 4.78 is 5.28. The maximum Gasteiger partial charge on any atom is 0.289 e. The zero-order chi connectivity index (χ0) is 22.9. The van der Waals surface area contributed by atoms with Gasteiger partial charge >= 0.3 is 0 Å². The second-order valence-electron chi connectivity index (χ2n) is 9.00. The van der Waals surface area contributed by atoms with Gasteiger partial charge in [-0.3, -0.25) is 14.5 Å². The van der Waals surface area contributed by atoms with Crippen molar-refractivity contribution >= 4 is 23.2 Å². The van der Waals surface area contributed by atoms with E-state index in [9.17, 15) is 9.59 Å². The number of fused-ring (bicyclic) bond motifs is 1. The van der Waals surface area contributed by atoms with Gasteiger partial charge < -0.3 is 14.2 Å². The average molecular weight is 464 g/mol. The van der Waals surface area contributed by atoms with Crippen LogP contribution in [0.25, 0.3) is 0 Å². The van der Waals surface area contributed by atoms with E-state index in [2.05, 4.69) is 47.5 Å². The number of aryl methyl sites for hydroxylation is 1. The molecule has 0 aliphatic carbocycles. The van der Waals surface area contributed by atoms with Gasteiger partial charge in [-0.05, 0) is 55.0 Å². The van der Waals surface area contributed by atoms with Crippen LogP contribution in [0.4, 0.5) is 0 Å². The van der Waals surface area contributed by atoms with E-state index in [4.69, 9.17) is 4.42 Å². The predicted octanol–water partition coefficient (Wildman–Crippen LogP) is 3.97. The third kappa shape index (κ3) is 4.35. The highest BCUT2D eigenvalue weighted by molar-refractivity contribution is 7.10. The summed E-state index contributed by atoms with van der Waals surface area (Å²) in [6.07, 6.45) is 2.49. The van der Waals surface area contributed by atoms with Crippen molar-refractivity contribution in [3.05, 3.63) is 81.4 Å². The van der Waals surface area contributed by atoms with E-state index in [0.717, 1.165) is 13.0 Å². The molecule has 0 bridgehead atoms. The molecule has 2 atom stereocenters. The molecule has 2 aliphatic rings. The van der Waals surface area contributed by atoms with Crippen LogP contribution in [0.15, 0.2) is 58.5 Å². The van der Waals surface area contributed by atoms with Crippen LogP contribution in [0.2, 0.25) is 0 Å². The van der Waals surface area contributed by atoms with E-state index in [1.54, 1.807) is 17.0 Å². The standard InChI is InChI=1S/C26H29N3O3S/c1-18-5-7-20(8-6-18)25-21-10-15-33-23(21)9-11-28(25)17-24(30)27-12-13-29(19(2)16-27)26(31)22-4-3-14-32-22/h3-8,10,14-15,19,25H,9,11-13,16-17H2,1-2H3. The van der Waals surface area contributed by atoms with E-state index >= 15 is 0 Å². The molecular formula is C26H29N3O3S. The molecule has 6 nitrogen and oxygen atoms in total. The fraction of sp³-hybridized carbons (Fsp3) is 0.385. The maximum absolute atomic E-state index is 13.4. The van der Waals surface area contributed by atoms with E-state index in [0.29, 0.717) is 31.9 Å². The largest absolute Gasteiger partial charge is 0.459 e. The smallest absolute Gasteiger partial charge is 0.289 e. The van der Waals surface area contributed by atoms with Crippen molar-refractivity contribution in [3.8, 4) is 0 Å². The summed E-state index contributed by atoms with van der Waals surface area (Å²) in [6.45, 7) is 6.94. The fourth-order valence-corrected chi connectivity index (χ4v) is 5.88. The molecular weight excluding hydrogens is 434 g/mol. The number of hydrogen-bond donors (Lipinski definition) is 0. The number of amides is 2. The number of rotatable bonds is 4. The van der Waals surface area contributed by atoms with Gasteiger partial charge in [-0.1, -0.05) is 29.8 Å². The second-order valence-corrected chi connectivity index (χ2v) is 10.00. The molecule has 0 N–H and O–H groups in total. The van der Waals surface area contributed by atoms with Gasteiger partial charge in [0.2, 0.25) is 5.91 Å².